The van der Waals surface area contributed by atoms with E-state index < -0.39 is 0 Å². The number of halogens is 1. The SMILES string of the molecule is O=C(c1cc(-c2ccncc2)nc2ccc(Br)cc12)N1CCC2(CCO2)CC1. The monoisotopic (exact) mass is 437 g/mol. The van der Waals surface area contributed by atoms with Gasteiger partial charge in [0, 0.05) is 40.9 Å². The third-order valence-corrected chi connectivity index (χ3v) is 6.40. The molecule has 0 atom stereocenters. The van der Waals surface area contributed by atoms with Crippen LogP contribution in [0.3, 0.4) is 0 Å². The highest BCUT2D eigenvalue weighted by molar-refractivity contribution is 9.10. The molecule has 5 nitrogen and oxygen atoms in total. The van der Waals surface area contributed by atoms with Crippen molar-refractivity contribution in [2.75, 3.05) is 19.7 Å². The third kappa shape index (κ3) is 3.10. The molecule has 0 saturated carbocycles. The Morgan fingerprint density at radius 1 is 1.07 bits per heavy atom. The molecule has 0 aliphatic carbocycles. The van der Waals surface area contributed by atoms with E-state index in [1.807, 2.05) is 41.3 Å². The van der Waals surface area contributed by atoms with Gasteiger partial charge in [-0.1, -0.05) is 15.9 Å². The van der Waals surface area contributed by atoms with Crippen LogP contribution < -0.4 is 0 Å². The Kier molecular flexibility index (Phi) is 4.40. The van der Waals surface area contributed by atoms with E-state index >= 15 is 0 Å². The van der Waals surface area contributed by atoms with Gasteiger partial charge in [-0.25, -0.2) is 4.98 Å². The van der Waals surface area contributed by atoms with E-state index in [1.54, 1.807) is 12.4 Å². The van der Waals surface area contributed by atoms with Crippen LogP contribution in [0.1, 0.15) is 29.6 Å². The Bertz CT molecular complexity index is 1040. The fraction of sp³-hybridized carbons (Fsp3) is 0.318. The molecular weight excluding hydrogens is 418 g/mol. The number of amides is 1. The van der Waals surface area contributed by atoms with Gasteiger partial charge in [-0.3, -0.25) is 9.78 Å². The van der Waals surface area contributed by atoms with Crippen LogP contribution in [0.5, 0.6) is 0 Å². The molecule has 6 heteroatoms. The van der Waals surface area contributed by atoms with Crippen molar-refractivity contribution in [1.82, 2.24) is 14.9 Å². The van der Waals surface area contributed by atoms with Crippen LogP contribution in [0, 0.1) is 0 Å². The van der Waals surface area contributed by atoms with Crippen molar-refractivity contribution < 1.29 is 9.53 Å². The minimum Gasteiger partial charge on any atom is -0.375 e. The van der Waals surface area contributed by atoms with E-state index in [4.69, 9.17) is 9.72 Å². The van der Waals surface area contributed by atoms with Gasteiger partial charge in [0.2, 0.25) is 0 Å². The predicted octanol–water partition coefficient (Wildman–Crippen LogP) is 4.45. The number of hydrogen-bond acceptors (Lipinski definition) is 4. The van der Waals surface area contributed by atoms with E-state index in [-0.39, 0.29) is 11.5 Å². The number of benzene rings is 1. The Balaban J connectivity index is 1.55. The molecule has 1 amide bonds. The lowest BCUT2D eigenvalue weighted by Gasteiger charge is -2.47. The van der Waals surface area contributed by atoms with E-state index in [0.717, 1.165) is 65.6 Å². The Morgan fingerprint density at radius 3 is 2.50 bits per heavy atom. The van der Waals surface area contributed by atoms with Gasteiger partial charge >= 0.3 is 0 Å². The number of rotatable bonds is 2. The van der Waals surface area contributed by atoms with Gasteiger partial charge in [-0.05, 0) is 55.7 Å². The summed E-state index contributed by atoms with van der Waals surface area (Å²) in [5, 5.41) is 0.873. The summed E-state index contributed by atoms with van der Waals surface area (Å²) in [6.07, 6.45) is 6.44. The van der Waals surface area contributed by atoms with Crippen LogP contribution in [0.2, 0.25) is 0 Å². The van der Waals surface area contributed by atoms with Gasteiger partial charge in [0.05, 0.1) is 29.0 Å². The van der Waals surface area contributed by atoms with Crippen molar-refractivity contribution in [3.8, 4) is 11.3 Å². The normalized spacial score (nSPS) is 18.2. The highest BCUT2D eigenvalue weighted by Crippen LogP contribution is 2.37. The molecule has 0 N–H and O–H groups in total. The number of ether oxygens (including phenoxy) is 1. The fourth-order valence-electron chi connectivity index (χ4n) is 4.12. The number of nitrogens with zero attached hydrogens (tertiary/aromatic N) is 3. The van der Waals surface area contributed by atoms with Gasteiger partial charge < -0.3 is 9.64 Å². The van der Waals surface area contributed by atoms with Crippen LogP contribution in [0.15, 0.2) is 53.3 Å². The molecule has 2 aliphatic rings. The summed E-state index contributed by atoms with van der Waals surface area (Å²) in [5.74, 6) is 0.0648. The van der Waals surface area contributed by atoms with E-state index in [0.29, 0.717) is 5.56 Å². The summed E-state index contributed by atoms with van der Waals surface area (Å²) >= 11 is 3.53. The molecule has 28 heavy (non-hydrogen) atoms. The molecule has 0 bridgehead atoms. The summed E-state index contributed by atoms with van der Waals surface area (Å²) in [6, 6.07) is 11.6. The molecule has 2 saturated heterocycles. The van der Waals surface area contributed by atoms with Gasteiger partial charge in [-0.15, -0.1) is 0 Å². The van der Waals surface area contributed by atoms with Crippen LogP contribution in [0.4, 0.5) is 0 Å². The molecule has 1 aromatic carbocycles. The number of likely N-dealkylation sites (tertiary alicyclic amines) is 1. The maximum atomic E-state index is 13.5. The van der Waals surface area contributed by atoms with E-state index in [1.165, 1.54) is 0 Å². The molecule has 3 aromatic rings. The lowest BCUT2D eigenvalue weighted by molar-refractivity contribution is -0.169. The zero-order valence-corrected chi connectivity index (χ0v) is 17.0. The fourth-order valence-corrected chi connectivity index (χ4v) is 4.48. The maximum absolute atomic E-state index is 13.5. The second-order valence-electron chi connectivity index (χ2n) is 7.53. The third-order valence-electron chi connectivity index (χ3n) is 5.91. The number of pyridine rings is 2. The number of fused-ring (bicyclic) bond motifs is 1. The second-order valence-corrected chi connectivity index (χ2v) is 8.44. The number of carbonyl (C=O) groups excluding carboxylic acids is 1. The summed E-state index contributed by atoms with van der Waals surface area (Å²) in [5.41, 5.74) is 3.29. The summed E-state index contributed by atoms with van der Waals surface area (Å²) in [7, 11) is 0. The highest BCUT2D eigenvalue weighted by Gasteiger charge is 2.42. The molecule has 142 valence electrons. The molecule has 2 aliphatic heterocycles. The summed E-state index contributed by atoms with van der Waals surface area (Å²) < 4.78 is 6.73. The Hall–Kier alpha value is -2.31. The Labute approximate surface area is 171 Å². The van der Waals surface area contributed by atoms with Crippen molar-refractivity contribution >= 4 is 32.7 Å². The van der Waals surface area contributed by atoms with Gasteiger partial charge in [-0.2, -0.15) is 0 Å². The summed E-state index contributed by atoms with van der Waals surface area (Å²) in [6.45, 7) is 2.33. The zero-order chi connectivity index (χ0) is 19.1. The van der Waals surface area contributed by atoms with Crippen molar-refractivity contribution in [2.24, 2.45) is 0 Å². The number of piperidine rings is 1. The van der Waals surface area contributed by atoms with E-state index in [2.05, 4.69) is 20.9 Å². The second kappa shape index (κ2) is 6.94. The zero-order valence-electron chi connectivity index (χ0n) is 15.4. The minimum absolute atomic E-state index is 0.0301. The average molecular weight is 438 g/mol. The van der Waals surface area contributed by atoms with Crippen molar-refractivity contribution in [1.29, 1.82) is 0 Å². The predicted molar refractivity (Wildman–Crippen MR) is 111 cm³/mol. The van der Waals surface area contributed by atoms with Crippen LogP contribution in [-0.4, -0.2) is 46.1 Å². The first-order chi connectivity index (χ1) is 13.6. The van der Waals surface area contributed by atoms with Crippen LogP contribution >= 0.6 is 15.9 Å². The van der Waals surface area contributed by atoms with Gasteiger partial charge in [0.25, 0.3) is 5.91 Å². The van der Waals surface area contributed by atoms with Crippen LogP contribution in [0.25, 0.3) is 22.2 Å². The molecule has 1 spiro atoms. The molecule has 5 rings (SSSR count). The number of hydrogen-bond donors (Lipinski definition) is 0. The average Bonchev–Trinajstić information content (AvgIpc) is 2.72. The highest BCUT2D eigenvalue weighted by atomic mass is 79.9. The number of carbonyl (C=O) groups is 1. The van der Waals surface area contributed by atoms with Gasteiger partial charge in [0.15, 0.2) is 0 Å². The molecular formula is C22H20BrN3O2. The summed E-state index contributed by atoms with van der Waals surface area (Å²) in [4.78, 5) is 24.3. The lowest BCUT2D eigenvalue weighted by atomic mass is 9.84. The van der Waals surface area contributed by atoms with Crippen molar-refractivity contribution in [2.45, 2.75) is 24.9 Å². The van der Waals surface area contributed by atoms with Gasteiger partial charge in [0.1, 0.15) is 0 Å². The molecule has 4 heterocycles. The minimum atomic E-state index is 0.0301. The molecule has 0 unspecified atom stereocenters. The molecule has 0 radical (unpaired) electrons. The quantitative estimate of drug-likeness (QED) is 0.593. The van der Waals surface area contributed by atoms with Crippen molar-refractivity contribution in [3.05, 3.63) is 58.8 Å². The first-order valence-electron chi connectivity index (χ1n) is 9.58. The maximum Gasteiger partial charge on any atom is 0.254 e. The lowest BCUT2D eigenvalue weighted by Crippen LogP contribution is -2.53. The first kappa shape index (κ1) is 17.8. The topological polar surface area (TPSA) is 55.3 Å². The molecule has 2 fully saturated rings. The van der Waals surface area contributed by atoms with Crippen LogP contribution in [-0.2, 0) is 4.74 Å². The first-order valence-corrected chi connectivity index (χ1v) is 10.4. The van der Waals surface area contributed by atoms with E-state index in [9.17, 15) is 4.79 Å². The largest absolute Gasteiger partial charge is 0.375 e. The number of aromatic nitrogens is 2. The standard InChI is InChI=1S/C22H20BrN3O2/c23-16-1-2-19-17(13-16)18(14-20(25-19)15-3-8-24-9-4-15)21(27)26-10-5-22(6-11-26)7-12-28-22/h1-4,8-9,13-14H,5-7,10-12H2. The smallest absolute Gasteiger partial charge is 0.254 e. The molecule has 2 aromatic heterocycles. The Morgan fingerprint density at radius 2 is 1.82 bits per heavy atom. The van der Waals surface area contributed by atoms with Crippen molar-refractivity contribution in [3.63, 3.8) is 0 Å².